The number of benzene rings is 1. The van der Waals surface area contributed by atoms with Crippen molar-refractivity contribution in [1.29, 1.82) is 0 Å². The van der Waals surface area contributed by atoms with Crippen LogP contribution >= 0.6 is 0 Å². The van der Waals surface area contributed by atoms with E-state index < -0.39 is 6.09 Å². The molecule has 4 heterocycles. The highest BCUT2D eigenvalue weighted by molar-refractivity contribution is 5.74. The highest BCUT2D eigenvalue weighted by Gasteiger charge is 2.26. The Morgan fingerprint density at radius 3 is 2.90 bits per heavy atom. The summed E-state index contributed by atoms with van der Waals surface area (Å²) in [4.78, 5) is 20.9. The maximum atomic E-state index is 11.4. The summed E-state index contributed by atoms with van der Waals surface area (Å²) in [6, 6.07) is 10.5. The third-order valence-electron chi connectivity index (χ3n) is 5.99. The van der Waals surface area contributed by atoms with E-state index in [4.69, 9.17) is 4.74 Å². The molecular weight excluding hydrogens is 392 g/mol. The zero-order chi connectivity index (χ0) is 21.4. The molecule has 8 nitrogen and oxygen atoms in total. The van der Waals surface area contributed by atoms with Gasteiger partial charge in [0.15, 0.2) is 0 Å². The molecule has 1 saturated heterocycles. The van der Waals surface area contributed by atoms with Crippen LogP contribution in [0.5, 0.6) is 5.75 Å². The number of piperazine rings is 1. The number of anilines is 1. The second-order valence-corrected chi connectivity index (χ2v) is 8.31. The number of aromatic amines is 1. The number of ether oxygens (including phenoxy) is 1. The number of amides is 1. The van der Waals surface area contributed by atoms with Gasteiger partial charge in [-0.3, -0.25) is 10.00 Å². The Hall–Kier alpha value is -3.39. The van der Waals surface area contributed by atoms with Crippen LogP contribution < -0.4 is 15.0 Å². The van der Waals surface area contributed by atoms with E-state index in [-0.39, 0.29) is 0 Å². The number of carbonyl (C=O) groups is 1. The van der Waals surface area contributed by atoms with E-state index in [0.29, 0.717) is 18.3 Å². The standard InChI is InChI=1S/C23H26N6O2/c1-15-3-6-21(24-10-15)29-8-7-28(13-16(29)2)14-19-12-26-27-22(19)17-4-5-20-18(9-17)11-25-23(30)31-20/h3-6,9-10,12,16H,7-8,11,13-14H2,1-2H3,(H,25,30)(H,26,27)/t16-/m0/s1. The Morgan fingerprint density at radius 2 is 2.10 bits per heavy atom. The van der Waals surface area contributed by atoms with Crippen LogP contribution in [-0.4, -0.2) is 51.9 Å². The van der Waals surface area contributed by atoms with E-state index in [0.717, 1.165) is 54.4 Å². The van der Waals surface area contributed by atoms with Crippen LogP contribution in [0.4, 0.5) is 10.6 Å². The number of nitrogens with one attached hydrogen (secondary N) is 2. The van der Waals surface area contributed by atoms with E-state index >= 15 is 0 Å². The largest absolute Gasteiger partial charge is 0.412 e. The second-order valence-electron chi connectivity index (χ2n) is 8.31. The van der Waals surface area contributed by atoms with Crippen LogP contribution in [0.15, 0.2) is 42.7 Å². The van der Waals surface area contributed by atoms with E-state index in [1.165, 1.54) is 5.56 Å². The number of fused-ring (bicyclic) bond motifs is 1. The van der Waals surface area contributed by atoms with E-state index in [9.17, 15) is 4.79 Å². The molecule has 1 atom stereocenters. The summed E-state index contributed by atoms with van der Waals surface area (Å²) in [5.74, 6) is 1.66. The van der Waals surface area contributed by atoms with Crippen molar-refractivity contribution < 1.29 is 9.53 Å². The number of nitrogens with zero attached hydrogens (tertiary/aromatic N) is 4. The Bertz CT molecular complexity index is 1090. The summed E-state index contributed by atoms with van der Waals surface area (Å²) < 4.78 is 5.23. The van der Waals surface area contributed by atoms with Gasteiger partial charge in [-0.1, -0.05) is 6.07 Å². The average molecular weight is 419 g/mol. The summed E-state index contributed by atoms with van der Waals surface area (Å²) in [7, 11) is 0. The number of carbonyl (C=O) groups excluding carboxylic acids is 1. The monoisotopic (exact) mass is 418 g/mol. The van der Waals surface area contributed by atoms with Crippen LogP contribution in [0.2, 0.25) is 0 Å². The number of H-pyrrole nitrogens is 1. The summed E-state index contributed by atoms with van der Waals surface area (Å²) in [5.41, 5.74) is 5.36. The molecule has 2 aliphatic heterocycles. The minimum Gasteiger partial charge on any atom is -0.410 e. The van der Waals surface area contributed by atoms with Gasteiger partial charge in [0.25, 0.3) is 0 Å². The number of pyridine rings is 1. The van der Waals surface area contributed by atoms with Crippen molar-refractivity contribution in [2.45, 2.75) is 33.0 Å². The van der Waals surface area contributed by atoms with Crippen LogP contribution in [-0.2, 0) is 13.1 Å². The lowest BCUT2D eigenvalue weighted by molar-refractivity contribution is 0.194. The molecule has 0 radical (unpaired) electrons. The van der Waals surface area contributed by atoms with Gasteiger partial charge < -0.3 is 15.0 Å². The number of hydrogen-bond acceptors (Lipinski definition) is 6. The first-order chi connectivity index (χ1) is 15.1. The maximum absolute atomic E-state index is 11.4. The normalized spacial score (nSPS) is 19.0. The van der Waals surface area contributed by atoms with Crippen molar-refractivity contribution in [2.24, 2.45) is 0 Å². The Morgan fingerprint density at radius 1 is 1.19 bits per heavy atom. The van der Waals surface area contributed by atoms with Gasteiger partial charge >= 0.3 is 6.09 Å². The van der Waals surface area contributed by atoms with Crippen molar-refractivity contribution in [3.05, 3.63) is 59.4 Å². The first-order valence-corrected chi connectivity index (χ1v) is 10.6. The Kier molecular flexibility index (Phi) is 5.07. The van der Waals surface area contributed by atoms with Crippen LogP contribution in [0.25, 0.3) is 11.3 Å². The van der Waals surface area contributed by atoms with Gasteiger partial charge in [0.2, 0.25) is 0 Å². The molecule has 0 unspecified atom stereocenters. The number of hydrogen-bond donors (Lipinski definition) is 2. The lowest BCUT2D eigenvalue weighted by atomic mass is 10.0. The van der Waals surface area contributed by atoms with Crippen molar-refractivity contribution >= 4 is 11.9 Å². The SMILES string of the molecule is Cc1ccc(N2CCN(Cc3cn[nH]c3-c3ccc4c(c3)CNC(=O)O4)C[C@@H]2C)nc1. The average Bonchev–Trinajstić information content (AvgIpc) is 3.22. The quantitative estimate of drug-likeness (QED) is 0.677. The van der Waals surface area contributed by atoms with Crippen molar-refractivity contribution in [1.82, 2.24) is 25.4 Å². The maximum Gasteiger partial charge on any atom is 0.412 e. The van der Waals surface area contributed by atoms with Crippen molar-refractivity contribution in [2.75, 3.05) is 24.5 Å². The van der Waals surface area contributed by atoms with Gasteiger partial charge in [0.05, 0.1) is 11.9 Å². The molecule has 1 fully saturated rings. The fraction of sp³-hybridized carbons (Fsp3) is 0.348. The number of aryl methyl sites for hydroxylation is 1. The topological polar surface area (TPSA) is 86.4 Å². The van der Waals surface area contributed by atoms with Gasteiger partial charge in [-0.25, -0.2) is 9.78 Å². The molecule has 8 heteroatoms. The van der Waals surface area contributed by atoms with E-state index in [2.05, 4.69) is 62.3 Å². The van der Waals surface area contributed by atoms with Gasteiger partial charge in [-0.2, -0.15) is 5.10 Å². The summed E-state index contributed by atoms with van der Waals surface area (Å²) in [6.45, 7) is 8.49. The molecule has 0 saturated carbocycles. The first-order valence-electron chi connectivity index (χ1n) is 10.6. The second kappa shape index (κ2) is 8.03. The minimum absolute atomic E-state index is 0.379. The van der Waals surface area contributed by atoms with Crippen LogP contribution in [0, 0.1) is 6.92 Å². The number of rotatable bonds is 4. The molecular formula is C23H26N6O2. The third-order valence-corrected chi connectivity index (χ3v) is 5.99. The lowest BCUT2D eigenvalue weighted by Gasteiger charge is -2.40. The van der Waals surface area contributed by atoms with Crippen LogP contribution in [0.3, 0.4) is 0 Å². The fourth-order valence-electron chi connectivity index (χ4n) is 4.34. The summed E-state index contributed by atoms with van der Waals surface area (Å²) in [6.07, 6.45) is 3.43. The van der Waals surface area contributed by atoms with Gasteiger partial charge in [-0.15, -0.1) is 0 Å². The molecule has 5 rings (SSSR count). The third kappa shape index (κ3) is 3.98. The predicted octanol–water partition coefficient (Wildman–Crippen LogP) is 3.09. The first kappa shape index (κ1) is 19.6. The molecule has 0 bridgehead atoms. The predicted molar refractivity (Wildman–Crippen MR) is 118 cm³/mol. The molecule has 2 aliphatic rings. The van der Waals surface area contributed by atoms with E-state index in [1.807, 2.05) is 24.5 Å². The molecule has 31 heavy (non-hydrogen) atoms. The van der Waals surface area contributed by atoms with E-state index in [1.54, 1.807) is 0 Å². The molecule has 1 aromatic carbocycles. The van der Waals surface area contributed by atoms with Crippen molar-refractivity contribution in [3.63, 3.8) is 0 Å². The summed E-state index contributed by atoms with van der Waals surface area (Å²) in [5, 5.41) is 10.2. The smallest absolute Gasteiger partial charge is 0.410 e. The summed E-state index contributed by atoms with van der Waals surface area (Å²) >= 11 is 0. The highest BCUT2D eigenvalue weighted by atomic mass is 16.6. The Labute approximate surface area is 181 Å². The van der Waals surface area contributed by atoms with Crippen LogP contribution in [0.1, 0.15) is 23.6 Å². The zero-order valence-corrected chi connectivity index (χ0v) is 17.8. The van der Waals surface area contributed by atoms with Crippen molar-refractivity contribution in [3.8, 4) is 17.0 Å². The molecule has 0 aliphatic carbocycles. The molecule has 0 spiro atoms. The van der Waals surface area contributed by atoms with Gasteiger partial charge in [0, 0.05) is 61.7 Å². The number of aromatic nitrogens is 3. The molecule has 160 valence electrons. The molecule has 2 N–H and O–H groups in total. The molecule has 1 amide bonds. The minimum atomic E-state index is -0.406. The lowest BCUT2D eigenvalue weighted by Crippen LogP contribution is -2.51. The molecule has 3 aromatic rings. The Balaban J connectivity index is 1.29. The highest BCUT2D eigenvalue weighted by Crippen LogP contribution is 2.30. The van der Waals surface area contributed by atoms with Gasteiger partial charge in [0.1, 0.15) is 11.6 Å². The zero-order valence-electron chi connectivity index (χ0n) is 17.8. The fourth-order valence-corrected chi connectivity index (χ4v) is 4.34. The molecule has 2 aromatic heterocycles. The van der Waals surface area contributed by atoms with Gasteiger partial charge in [-0.05, 0) is 43.7 Å².